The Labute approximate surface area is 138 Å². The first-order valence-electron chi connectivity index (χ1n) is 7.45. The van der Waals surface area contributed by atoms with Gasteiger partial charge in [0, 0.05) is 20.6 Å². The maximum Gasteiger partial charge on any atom is 0.255 e. The van der Waals surface area contributed by atoms with E-state index in [2.05, 4.69) is 0 Å². The first-order chi connectivity index (χ1) is 10.6. The minimum absolute atomic E-state index is 0.00996. The predicted molar refractivity (Wildman–Crippen MR) is 89.0 cm³/mol. The van der Waals surface area contributed by atoms with E-state index in [1.54, 1.807) is 47.0 Å². The van der Waals surface area contributed by atoms with Crippen molar-refractivity contribution in [1.29, 1.82) is 0 Å². The van der Waals surface area contributed by atoms with Crippen molar-refractivity contribution in [2.45, 2.75) is 30.9 Å². The summed E-state index contributed by atoms with van der Waals surface area (Å²) in [5.41, 5.74) is 0.106. The van der Waals surface area contributed by atoms with Gasteiger partial charge in [-0.2, -0.15) is 0 Å². The average molecular weight is 340 g/mol. The molecule has 0 aliphatic carbocycles. The van der Waals surface area contributed by atoms with Crippen molar-refractivity contribution in [3.05, 3.63) is 29.8 Å². The Hall–Kier alpha value is -1.89. The van der Waals surface area contributed by atoms with Gasteiger partial charge in [0.25, 0.3) is 5.91 Å². The van der Waals surface area contributed by atoms with E-state index in [1.165, 1.54) is 21.9 Å². The summed E-state index contributed by atoms with van der Waals surface area (Å²) in [6.45, 7) is 5.13. The van der Waals surface area contributed by atoms with Crippen LogP contribution in [0.1, 0.15) is 31.1 Å². The number of likely N-dealkylation sites (N-methyl/N-ethyl adjacent to an activating group) is 2. The van der Waals surface area contributed by atoms with Gasteiger partial charge < -0.3 is 9.80 Å². The Morgan fingerprint density at radius 1 is 1.13 bits per heavy atom. The third-order valence-corrected chi connectivity index (χ3v) is 5.75. The van der Waals surface area contributed by atoms with E-state index in [0.717, 1.165) is 0 Å². The number of amides is 2. The summed E-state index contributed by atoms with van der Waals surface area (Å²) >= 11 is 0. The molecule has 1 aromatic rings. The van der Waals surface area contributed by atoms with Crippen LogP contribution in [0.5, 0.6) is 0 Å². The first-order valence-corrected chi connectivity index (χ1v) is 8.99. The normalized spacial score (nSPS) is 11.4. The van der Waals surface area contributed by atoms with Gasteiger partial charge in [0.1, 0.15) is 0 Å². The molecule has 1 aromatic carbocycles. The third kappa shape index (κ3) is 4.31. The summed E-state index contributed by atoms with van der Waals surface area (Å²) in [4.78, 5) is 27.3. The lowest BCUT2D eigenvalue weighted by atomic mass is 10.2. The van der Waals surface area contributed by atoms with Gasteiger partial charge in [-0.05, 0) is 32.9 Å². The summed E-state index contributed by atoms with van der Waals surface area (Å²) in [6.07, 6.45) is 0. The van der Waals surface area contributed by atoms with E-state index in [9.17, 15) is 18.0 Å². The fourth-order valence-electron chi connectivity index (χ4n) is 1.95. The second-order valence-electron chi connectivity index (χ2n) is 5.70. The molecule has 0 spiro atoms. The molecule has 0 saturated carbocycles. The molecule has 0 aliphatic rings. The molecular weight excluding hydrogens is 316 g/mol. The van der Waals surface area contributed by atoms with Crippen LogP contribution in [0.4, 0.5) is 0 Å². The number of carbonyl (C=O) groups is 2. The summed E-state index contributed by atoms with van der Waals surface area (Å²) in [5.74, 6) is -0.674. The molecule has 7 heteroatoms. The van der Waals surface area contributed by atoms with Crippen LogP contribution < -0.4 is 0 Å². The van der Waals surface area contributed by atoms with Crippen molar-refractivity contribution in [3.8, 4) is 0 Å². The fourth-order valence-corrected chi connectivity index (χ4v) is 3.19. The van der Waals surface area contributed by atoms with Crippen LogP contribution >= 0.6 is 0 Å². The Balaban J connectivity index is 3.25. The third-order valence-electron chi connectivity index (χ3n) is 3.54. The average Bonchev–Trinajstić information content (AvgIpc) is 2.51. The Bertz CT molecular complexity index is 681. The Morgan fingerprint density at radius 2 is 1.70 bits per heavy atom. The molecule has 0 unspecified atom stereocenters. The molecule has 23 heavy (non-hydrogen) atoms. The van der Waals surface area contributed by atoms with E-state index in [4.69, 9.17) is 0 Å². The van der Waals surface area contributed by atoms with Gasteiger partial charge in [-0.25, -0.2) is 8.42 Å². The van der Waals surface area contributed by atoms with Crippen molar-refractivity contribution in [1.82, 2.24) is 9.80 Å². The Kier molecular flexibility index (Phi) is 6.32. The molecule has 0 fully saturated rings. The standard InChI is InChI=1S/C16H24N2O4S/c1-6-18(11-15(19)17(4)5)16(20)13-9-7-8-10-14(13)23(21,22)12(2)3/h7-10,12H,6,11H2,1-5H3. The minimum Gasteiger partial charge on any atom is -0.347 e. The van der Waals surface area contributed by atoms with Crippen LogP contribution in [0.15, 0.2) is 29.2 Å². The number of carbonyl (C=O) groups excluding carboxylic acids is 2. The topological polar surface area (TPSA) is 74.8 Å². The Morgan fingerprint density at radius 3 is 2.17 bits per heavy atom. The highest BCUT2D eigenvalue weighted by Gasteiger charge is 2.28. The molecule has 6 nitrogen and oxygen atoms in total. The molecule has 0 saturated heterocycles. The number of nitrogens with zero attached hydrogens (tertiary/aromatic N) is 2. The second-order valence-corrected chi connectivity index (χ2v) is 8.17. The van der Waals surface area contributed by atoms with Gasteiger partial charge in [-0.3, -0.25) is 9.59 Å². The van der Waals surface area contributed by atoms with E-state index in [1.807, 2.05) is 0 Å². The van der Waals surface area contributed by atoms with Crippen LogP contribution in [0.25, 0.3) is 0 Å². The number of hydrogen-bond donors (Lipinski definition) is 0. The lowest BCUT2D eigenvalue weighted by molar-refractivity contribution is -0.129. The summed E-state index contributed by atoms with van der Waals surface area (Å²) in [7, 11) is -0.364. The molecule has 0 bridgehead atoms. The zero-order valence-electron chi connectivity index (χ0n) is 14.2. The maximum absolute atomic E-state index is 12.7. The summed E-state index contributed by atoms with van der Waals surface area (Å²) < 4.78 is 24.9. The number of hydrogen-bond acceptors (Lipinski definition) is 4. The highest BCUT2D eigenvalue weighted by Crippen LogP contribution is 2.22. The minimum atomic E-state index is -3.58. The molecule has 0 aliphatic heterocycles. The molecule has 0 atom stereocenters. The van der Waals surface area contributed by atoms with Crippen LogP contribution in [-0.2, 0) is 14.6 Å². The van der Waals surface area contributed by atoms with Crippen molar-refractivity contribution < 1.29 is 18.0 Å². The smallest absolute Gasteiger partial charge is 0.255 e. The molecule has 2 amide bonds. The first kappa shape index (κ1) is 19.2. The summed E-state index contributed by atoms with van der Waals surface area (Å²) in [5, 5.41) is -0.630. The molecule has 0 heterocycles. The molecule has 128 valence electrons. The molecule has 0 N–H and O–H groups in total. The predicted octanol–water partition coefficient (Wildman–Crippen LogP) is 1.42. The van der Waals surface area contributed by atoms with E-state index in [-0.39, 0.29) is 22.9 Å². The van der Waals surface area contributed by atoms with Crippen molar-refractivity contribution in [2.24, 2.45) is 0 Å². The van der Waals surface area contributed by atoms with Crippen LogP contribution in [0, 0.1) is 0 Å². The van der Waals surface area contributed by atoms with Gasteiger partial charge >= 0.3 is 0 Å². The molecule has 1 rings (SSSR count). The van der Waals surface area contributed by atoms with Gasteiger partial charge in [0.05, 0.1) is 22.3 Å². The summed E-state index contributed by atoms with van der Waals surface area (Å²) in [6, 6.07) is 6.13. The zero-order chi connectivity index (χ0) is 17.8. The van der Waals surface area contributed by atoms with Gasteiger partial charge in [0.2, 0.25) is 5.91 Å². The van der Waals surface area contributed by atoms with Crippen molar-refractivity contribution >= 4 is 21.7 Å². The second kappa shape index (κ2) is 7.59. The number of benzene rings is 1. The van der Waals surface area contributed by atoms with Gasteiger partial charge in [-0.15, -0.1) is 0 Å². The van der Waals surface area contributed by atoms with Crippen LogP contribution in [0.3, 0.4) is 0 Å². The highest BCUT2D eigenvalue weighted by atomic mass is 32.2. The lowest BCUT2D eigenvalue weighted by Gasteiger charge is -2.23. The zero-order valence-corrected chi connectivity index (χ0v) is 15.1. The van der Waals surface area contributed by atoms with Crippen LogP contribution in [0.2, 0.25) is 0 Å². The van der Waals surface area contributed by atoms with E-state index < -0.39 is 21.0 Å². The lowest BCUT2D eigenvalue weighted by Crippen LogP contribution is -2.40. The molecular formula is C16H24N2O4S. The largest absolute Gasteiger partial charge is 0.347 e. The SMILES string of the molecule is CCN(CC(=O)N(C)C)C(=O)c1ccccc1S(=O)(=O)C(C)C. The van der Waals surface area contributed by atoms with Gasteiger partial charge in [-0.1, -0.05) is 12.1 Å². The highest BCUT2D eigenvalue weighted by molar-refractivity contribution is 7.92. The van der Waals surface area contributed by atoms with E-state index in [0.29, 0.717) is 6.54 Å². The van der Waals surface area contributed by atoms with Crippen molar-refractivity contribution in [2.75, 3.05) is 27.2 Å². The van der Waals surface area contributed by atoms with Crippen molar-refractivity contribution in [3.63, 3.8) is 0 Å². The molecule has 0 aromatic heterocycles. The monoisotopic (exact) mass is 340 g/mol. The quantitative estimate of drug-likeness (QED) is 0.785. The maximum atomic E-state index is 12.7. The van der Waals surface area contributed by atoms with E-state index >= 15 is 0 Å². The number of sulfone groups is 1. The van der Waals surface area contributed by atoms with Crippen LogP contribution in [-0.4, -0.2) is 62.5 Å². The fraction of sp³-hybridized carbons (Fsp3) is 0.500. The number of rotatable bonds is 6. The van der Waals surface area contributed by atoms with Gasteiger partial charge in [0.15, 0.2) is 9.84 Å². The molecule has 0 radical (unpaired) electrons.